The second kappa shape index (κ2) is 8.00. The molecule has 10 heteroatoms. The monoisotopic (exact) mass is 439 g/mol. The summed E-state index contributed by atoms with van der Waals surface area (Å²) in [6.07, 6.45) is 1.58. The van der Waals surface area contributed by atoms with E-state index in [0.717, 1.165) is 5.69 Å². The van der Waals surface area contributed by atoms with E-state index in [1.54, 1.807) is 12.3 Å². The first-order valence-electron chi connectivity index (χ1n) is 10.1. The van der Waals surface area contributed by atoms with E-state index in [2.05, 4.69) is 21.3 Å². The lowest BCUT2D eigenvalue weighted by atomic mass is 10.0. The summed E-state index contributed by atoms with van der Waals surface area (Å²) in [6.45, 7) is 2.36. The Balaban J connectivity index is 1.30. The van der Waals surface area contributed by atoms with Crippen LogP contribution in [-0.2, 0) is 14.3 Å². The number of fused-ring (bicyclic) bond motifs is 1. The first-order chi connectivity index (χ1) is 15.1. The molecule has 1 aromatic heterocycles. The van der Waals surface area contributed by atoms with Crippen molar-refractivity contribution < 1.29 is 19.1 Å². The molecule has 160 valence electrons. The van der Waals surface area contributed by atoms with Gasteiger partial charge in [0.2, 0.25) is 11.7 Å². The van der Waals surface area contributed by atoms with Crippen LogP contribution in [-0.4, -0.2) is 78.0 Å². The van der Waals surface area contributed by atoms with E-state index >= 15 is 0 Å². The van der Waals surface area contributed by atoms with Gasteiger partial charge in [-0.15, -0.1) is 11.8 Å². The van der Waals surface area contributed by atoms with Crippen molar-refractivity contribution in [3.8, 4) is 6.07 Å². The highest BCUT2D eigenvalue weighted by atomic mass is 32.2. The van der Waals surface area contributed by atoms with E-state index in [-0.39, 0.29) is 18.4 Å². The zero-order valence-corrected chi connectivity index (χ0v) is 17.6. The number of carbonyl (C=O) groups excluding carboxylic acids is 2. The van der Waals surface area contributed by atoms with E-state index in [9.17, 15) is 9.59 Å². The molecule has 1 atom stereocenters. The van der Waals surface area contributed by atoms with Crippen molar-refractivity contribution in [1.29, 1.82) is 5.26 Å². The summed E-state index contributed by atoms with van der Waals surface area (Å²) in [5, 5.41) is 12.6. The van der Waals surface area contributed by atoms with Crippen LogP contribution in [0.15, 0.2) is 30.5 Å². The number of hydrogen-bond acceptors (Lipinski definition) is 8. The van der Waals surface area contributed by atoms with Gasteiger partial charge in [0.05, 0.1) is 55.9 Å². The summed E-state index contributed by atoms with van der Waals surface area (Å²) in [4.78, 5) is 33.3. The fourth-order valence-electron chi connectivity index (χ4n) is 4.07. The number of rotatable bonds is 4. The average Bonchev–Trinajstić information content (AvgIpc) is 3.45. The molecule has 0 saturated carbocycles. The number of benzene rings is 1. The molecule has 3 fully saturated rings. The van der Waals surface area contributed by atoms with Gasteiger partial charge >= 0.3 is 0 Å². The van der Waals surface area contributed by atoms with Crippen LogP contribution in [0.2, 0.25) is 0 Å². The molecule has 1 spiro atoms. The number of nitrogens with zero attached hydrogens (tertiary/aromatic N) is 4. The predicted octanol–water partition coefficient (Wildman–Crippen LogP) is 0.953. The fraction of sp³-hybridized carbons (Fsp3) is 0.429. The topological polar surface area (TPSA) is 108 Å². The van der Waals surface area contributed by atoms with Gasteiger partial charge in [0, 0.05) is 23.0 Å². The lowest BCUT2D eigenvalue weighted by molar-refractivity contribution is -0.172. The van der Waals surface area contributed by atoms with Crippen LogP contribution in [0, 0.1) is 11.3 Å². The van der Waals surface area contributed by atoms with Gasteiger partial charge in [-0.2, -0.15) is 5.26 Å². The number of nitrogens with one attached hydrogen (secondary N) is 1. The molecule has 2 amide bonds. The first kappa shape index (κ1) is 20.1. The van der Waals surface area contributed by atoms with Gasteiger partial charge < -0.3 is 24.6 Å². The van der Waals surface area contributed by atoms with Crippen molar-refractivity contribution in [3.05, 3.63) is 36.0 Å². The number of anilines is 1. The molecule has 5 rings (SSSR count). The van der Waals surface area contributed by atoms with Gasteiger partial charge in [-0.25, -0.2) is 0 Å². The van der Waals surface area contributed by atoms with Crippen LogP contribution in [0.1, 0.15) is 10.4 Å². The van der Waals surface area contributed by atoms with Gasteiger partial charge in [-0.1, -0.05) is 0 Å². The van der Waals surface area contributed by atoms with Gasteiger partial charge in [0.25, 0.3) is 5.91 Å². The average molecular weight is 439 g/mol. The molecule has 1 unspecified atom stereocenters. The number of aromatic nitrogens is 1. The van der Waals surface area contributed by atoms with Gasteiger partial charge in [0.1, 0.15) is 6.04 Å². The largest absolute Gasteiger partial charge is 0.361 e. The van der Waals surface area contributed by atoms with Crippen LogP contribution in [0.4, 0.5) is 5.69 Å². The number of ether oxygens (including phenoxy) is 2. The first-order valence-corrected chi connectivity index (χ1v) is 11.2. The highest BCUT2D eigenvalue weighted by Gasteiger charge is 2.48. The normalized spacial score (nSPS) is 21.8. The van der Waals surface area contributed by atoms with Crippen LogP contribution >= 0.6 is 11.8 Å². The highest BCUT2D eigenvalue weighted by Crippen LogP contribution is 2.35. The van der Waals surface area contributed by atoms with E-state index in [4.69, 9.17) is 14.7 Å². The number of hydrogen-bond donors (Lipinski definition) is 1. The molecule has 1 N–H and O–H groups in total. The minimum Gasteiger partial charge on any atom is -0.361 e. The molecular formula is C21H21N5O4S. The number of pyridine rings is 1. The van der Waals surface area contributed by atoms with E-state index < -0.39 is 11.8 Å². The summed E-state index contributed by atoms with van der Waals surface area (Å²) in [5.74, 6) is -0.0344. The number of carbonyl (C=O) groups is 2. The molecule has 0 bridgehead atoms. The van der Waals surface area contributed by atoms with Crippen molar-refractivity contribution in [3.63, 3.8) is 0 Å². The molecule has 3 saturated heterocycles. The zero-order chi connectivity index (χ0) is 21.4. The smallest absolute Gasteiger partial charge is 0.252 e. The molecule has 3 aliphatic rings. The molecule has 1 aromatic carbocycles. The summed E-state index contributed by atoms with van der Waals surface area (Å²) < 4.78 is 11.4. The maximum absolute atomic E-state index is 12.9. The number of nitriles is 1. The minimum absolute atomic E-state index is 0.148. The summed E-state index contributed by atoms with van der Waals surface area (Å²) in [6, 6.07) is 9.12. The lowest BCUT2D eigenvalue weighted by Gasteiger charge is -2.47. The van der Waals surface area contributed by atoms with Crippen LogP contribution in [0.25, 0.3) is 10.9 Å². The molecule has 4 heterocycles. The predicted molar refractivity (Wildman–Crippen MR) is 114 cm³/mol. The van der Waals surface area contributed by atoms with Crippen molar-refractivity contribution in [2.45, 2.75) is 11.8 Å². The van der Waals surface area contributed by atoms with Gasteiger partial charge in [-0.3, -0.25) is 14.6 Å². The van der Waals surface area contributed by atoms with Gasteiger partial charge in [-0.05, 0) is 24.3 Å². The van der Waals surface area contributed by atoms with Crippen molar-refractivity contribution >= 4 is 40.2 Å². The fourth-order valence-corrected chi connectivity index (χ4v) is 5.18. The SMILES string of the molecule is N#CC1CSCN1C(=O)CNC(=O)c1ccnc2ccc(N3CC4(C3)OCCO4)cc12. The summed E-state index contributed by atoms with van der Waals surface area (Å²) in [5.41, 5.74) is 2.11. The number of thioether (sulfide) groups is 1. The van der Waals surface area contributed by atoms with Gasteiger partial charge in [0.15, 0.2) is 0 Å². The Bertz CT molecular complexity index is 1070. The highest BCUT2D eigenvalue weighted by molar-refractivity contribution is 7.99. The Kier molecular flexibility index (Phi) is 5.17. The third-order valence-electron chi connectivity index (χ3n) is 5.76. The lowest BCUT2D eigenvalue weighted by Crippen LogP contribution is -2.62. The summed E-state index contributed by atoms with van der Waals surface area (Å²) in [7, 11) is 0. The van der Waals surface area contributed by atoms with E-state index in [0.29, 0.717) is 54.4 Å². The van der Waals surface area contributed by atoms with Crippen molar-refractivity contribution in [1.82, 2.24) is 15.2 Å². The Hall–Kier alpha value is -2.87. The Morgan fingerprint density at radius 2 is 2.10 bits per heavy atom. The van der Waals surface area contributed by atoms with E-state index in [1.807, 2.05) is 18.2 Å². The molecular weight excluding hydrogens is 418 g/mol. The van der Waals surface area contributed by atoms with Crippen LogP contribution in [0.3, 0.4) is 0 Å². The second-order valence-corrected chi connectivity index (χ2v) is 8.71. The third-order valence-corrected chi connectivity index (χ3v) is 6.78. The van der Waals surface area contributed by atoms with Crippen LogP contribution in [0.5, 0.6) is 0 Å². The minimum atomic E-state index is -0.500. The summed E-state index contributed by atoms with van der Waals surface area (Å²) >= 11 is 1.53. The maximum atomic E-state index is 12.9. The molecule has 31 heavy (non-hydrogen) atoms. The molecule has 9 nitrogen and oxygen atoms in total. The molecule has 2 aromatic rings. The van der Waals surface area contributed by atoms with Crippen molar-refractivity contribution in [2.75, 3.05) is 49.4 Å². The van der Waals surface area contributed by atoms with Crippen LogP contribution < -0.4 is 10.2 Å². The number of amides is 2. The second-order valence-electron chi connectivity index (χ2n) is 7.71. The Labute approximate surface area is 183 Å². The van der Waals surface area contributed by atoms with Crippen molar-refractivity contribution in [2.24, 2.45) is 0 Å². The standard InChI is InChI=1S/C21H21N5O4S/c22-8-15-10-31-13-26(15)19(27)9-24-20(28)16-3-4-23-18-2-1-14(7-17(16)18)25-11-21(12-25)29-5-6-30-21/h1-4,7,15H,5-6,9-13H2,(H,24,28). The third kappa shape index (κ3) is 3.69. The Morgan fingerprint density at radius 1 is 1.29 bits per heavy atom. The molecule has 0 radical (unpaired) electrons. The molecule has 3 aliphatic heterocycles. The zero-order valence-electron chi connectivity index (χ0n) is 16.7. The van der Waals surface area contributed by atoms with E-state index in [1.165, 1.54) is 16.7 Å². The molecule has 0 aliphatic carbocycles. The Morgan fingerprint density at radius 3 is 2.87 bits per heavy atom. The maximum Gasteiger partial charge on any atom is 0.252 e. The quantitative estimate of drug-likeness (QED) is 0.750.